The van der Waals surface area contributed by atoms with Crippen molar-refractivity contribution in [3.63, 3.8) is 0 Å². The van der Waals surface area contributed by atoms with Gasteiger partial charge in [0, 0.05) is 5.71 Å². The third kappa shape index (κ3) is 2.49. The predicted octanol–water partition coefficient (Wildman–Crippen LogP) is 2.01. The number of anilines is 1. The normalized spacial score (nSPS) is 15.9. The molecule has 6 nitrogen and oxygen atoms in total. The Labute approximate surface area is 115 Å². The molecule has 0 unspecified atom stereocenters. The van der Waals surface area contributed by atoms with Crippen LogP contribution in [0.4, 0.5) is 5.69 Å². The number of hydrogen-bond acceptors (Lipinski definition) is 4. The van der Waals surface area contributed by atoms with Crippen LogP contribution in [0, 0.1) is 6.92 Å². The summed E-state index contributed by atoms with van der Waals surface area (Å²) in [7, 11) is -4.38. The molecular weight excluding hydrogens is 292 g/mol. The third-order valence-electron chi connectivity index (χ3n) is 2.74. The molecule has 1 aromatic carbocycles. The number of carbonyl (C=O) groups is 1. The van der Waals surface area contributed by atoms with Crippen molar-refractivity contribution in [2.45, 2.75) is 25.2 Å². The standard InChI is InChI=1S/C11H11ClN2O4S/c1-6-5-10(15)14(13-6)11-7(2)9(19(16,17)18)4-3-8(11)12/h3-4H,5H2,1-2H3,(H,16,17,18). The maximum absolute atomic E-state index is 11.8. The van der Waals surface area contributed by atoms with Crippen LogP contribution in [0.2, 0.25) is 5.02 Å². The molecule has 1 heterocycles. The Hall–Kier alpha value is -1.44. The fourth-order valence-corrected chi connectivity index (χ4v) is 2.93. The summed E-state index contributed by atoms with van der Waals surface area (Å²) in [5, 5.41) is 5.29. The van der Waals surface area contributed by atoms with Crippen molar-refractivity contribution >= 4 is 39.0 Å². The Morgan fingerprint density at radius 3 is 2.47 bits per heavy atom. The maximum Gasteiger partial charge on any atom is 0.294 e. The Balaban J connectivity index is 2.68. The van der Waals surface area contributed by atoms with Crippen molar-refractivity contribution in [2.75, 3.05) is 5.01 Å². The van der Waals surface area contributed by atoms with Gasteiger partial charge in [0.1, 0.15) is 0 Å². The molecule has 1 aliphatic heterocycles. The first-order valence-corrected chi connectivity index (χ1v) is 7.17. The van der Waals surface area contributed by atoms with Gasteiger partial charge in [-0.1, -0.05) is 11.6 Å². The highest BCUT2D eigenvalue weighted by Gasteiger charge is 2.28. The van der Waals surface area contributed by atoms with E-state index in [0.29, 0.717) is 5.71 Å². The Kier molecular flexibility index (Phi) is 3.38. The van der Waals surface area contributed by atoms with Crippen LogP contribution in [0.3, 0.4) is 0 Å². The molecule has 2 rings (SSSR count). The minimum Gasteiger partial charge on any atom is -0.282 e. The van der Waals surface area contributed by atoms with E-state index in [1.54, 1.807) is 6.92 Å². The second kappa shape index (κ2) is 4.59. The topological polar surface area (TPSA) is 87.0 Å². The van der Waals surface area contributed by atoms with Crippen molar-refractivity contribution in [1.29, 1.82) is 0 Å². The summed E-state index contributed by atoms with van der Waals surface area (Å²) in [5.74, 6) is -0.296. The molecule has 1 aromatic rings. The quantitative estimate of drug-likeness (QED) is 0.847. The SMILES string of the molecule is CC1=NN(c2c(Cl)ccc(S(=O)(=O)O)c2C)C(=O)C1. The van der Waals surface area contributed by atoms with E-state index in [0.717, 1.165) is 5.01 Å². The van der Waals surface area contributed by atoms with Crippen LogP contribution in [0.1, 0.15) is 18.9 Å². The molecule has 0 aromatic heterocycles. The Morgan fingerprint density at radius 1 is 1.37 bits per heavy atom. The van der Waals surface area contributed by atoms with Crippen molar-refractivity contribution < 1.29 is 17.8 Å². The molecule has 0 radical (unpaired) electrons. The fourth-order valence-electron chi connectivity index (χ4n) is 1.92. The smallest absolute Gasteiger partial charge is 0.282 e. The number of benzene rings is 1. The zero-order valence-electron chi connectivity index (χ0n) is 10.2. The first kappa shape index (κ1) is 14.0. The van der Waals surface area contributed by atoms with Crippen LogP contribution in [0.5, 0.6) is 0 Å². The number of amides is 1. The largest absolute Gasteiger partial charge is 0.294 e. The van der Waals surface area contributed by atoms with Crippen molar-refractivity contribution in [3.05, 3.63) is 22.7 Å². The van der Waals surface area contributed by atoms with Gasteiger partial charge in [0.25, 0.3) is 16.0 Å². The average molecular weight is 303 g/mol. The maximum atomic E-state index is 11.8. The van der Waals surface area contributed by atoms with Crippen molar-refractivity contribution in [3.8, 4) is 0 Å². The van der Waals surface area contributed by atoms with Gasteiger partial charge < -0.3 is 0 Å². The molecule has 1 N–H and O–H groups in total. The van der Waals surface area contributed by atoms with Crippen LogP contribution in [-0.4, -0.2) is 24.6 Å². The number of carbonyl (C=O) groups excluding carboxylic acids is 1. The second-order valence-electron chi connectivity index (χ2n) is 4.21. The molecule has 102 valence electrons. The molecule has 0 aliphatic carbocycles. The van der Waals surface area contributed by atoms with Crippen LogP contribution in [0.15, 0.2) is 22.1 Å². The highest BCUT2D eigenvalue weighted by molar-refractivity contribution is 7.85. The van der Waals surface area contributed by atoms with E-state index in [4.69, 9.17) is 16.2 Å². The van der Waals surface area contributed by atoms with Gasteiger partial charge in [-0.3, -0.25) is 9.35 Å². The molecule has 1 amide bonds. The lowest BCUT2D eigenvalue weighted by molar-refractivity contribution is -0.116. The minimum absolute atomic E-state index is 0.159. The Morgan fingerprint density at radius 2 is 2.00 bits per heavy atom. The van der Waals surface area contributed by atoms with Gasteiger partial charge in [-0.15, -0.1) is 0 Å². The highest BCUT2D eigenvalue weighted by atomic mass is 35.5. The summed E-state index contributed by atoms with van der Waals surface area (Å²) in [5.41, 5.74) is 0.971. The van der Waals surface area contributed by atoms with Gasteiger partial charge in [-0.2, -0.15) is 18.5 Å². The number of rotatable bonds is 2. The van der Waals surface area contributed by atoms with Crippen molar-refractivity contribution in [2.24, 2.45) is 5.10 Å². The number of hydrogen-bond donors (Lipinski definition) is 1. The van der Waals surface area contributed by atoms with Gasteiger partial charge in [0.05, 0.1) is 22.0 Å². The van der Waals surface area contributed by atoms with E-state index in [1.807, 2.05) is 0 Å². The lowest BCUT2D eigenvalue weighted by Gasteiger charge is -2.18. The van der Waals surface area contributed by atoms with E-state index in [2.05, 4.69) is 5.10 Å². The van der Waals surface area contributed by atoms with Gasteiger partial charge in [-0.05, 0) is 31.5 Å². The molecule has 19 heavy (non-hydrogen) atoms. The summed E-state index contributed by atoms with van der Waals surface area (Å²) in [6.07, 6.45) is 0.159. The van der Waals surface area contributed by atoms with Crippen LogP contribution in [0.25, 0.3) is 0 Å². The monoisotopic (exact) mass is 302 g/mol. The zero-order chi connectivity index (χ0) is 14.4. The second-order valence-corrected chi connectivity index (χ2v) is 6.01. The summed E-state index contributed by atoms with van der Waals surface area (Å²) >= 11 is 6.01. The molecule has 0 bridgehead atoms. The van der Waals surface area contributed by atoms with Crippen molar-refractivity contribution in [1.82, 2.24) is 0 Å². The van der Waals surface area contributed by atoms with E-state index in [1.165, 1.54) is 19.1 Å². The lowest BCUT2D eigenvalue weighted by atomic mass is 10.2. The molecule has 0 spiro atoms. The van der Waals surface area contributed by atoms with Crippen LogP contribution in [-0.2, 0) is 14.9 Å². The first-order chi connectivity index (χ1) is 8.71. The number of hydrazone groups is 1. The molecule has 0 fully saturated rings. The first-order valence-electron chi connectivity index (χ1n) is 5.35. The number of nitrogens with zero attached hydrogens (tertiary/aromatic N) is 2. The van der Waals surface area contributed by atoms with E-state index >= 15 is 0 Å². The highest BCUT2D eigenvalue weighted by Crippen LogP contribution is 2.35. The van der Waals surface area contributed by atoms with Crippen LogP contribution < -0.4 is 5.01 Å². The Bertz CT molecular complexity index is 697. The number of halogens is 1. The predicted molar refractivity (Wildman–Crippen MR) is 71.2 cm³/mol. The molecular formula is C11H11ClN2O4S. The van der Waals surface area contributed by atoms with Gasteiger partial charge in [-0.25, -0.2) is 0 Å². The molecule has 1 aliphatic rings. The third-order valence-corrected chi connectivity index (χ3v) is 4.04. The molecule has 0 saturated heterocycles. The summed E-state index contributed by atoms with van der Waals surface area (Å²) in [6, 6.07) is 2.50. The van der Waals surface area contributed by atoms with E-state index < -0.39 is 10.1 Å². The summed E-state index contributed by atoms with van der Waals surface area (Å²) < 4.78 is 31.6. The zero-order valence-corrected chi connectivity index (χ0v) is 11.8. The van der Waals surface area contributed by atoms with Gasteiger partial charge in [0.2, 0.25) is 0 Å². The van der Waals surface area contributed by atoms with Gasteiger partial charge >= 0.3 is 0 Å². The summed E-state index contributed by atoms with van der Waals surface area (Å²) in [6.45, 7) is 3.15. The fraction of sp³-hybridized carbons (Fsp3) is 0.273. The lowest BCUT2D eigenvalue weighted by Crippen LogP contribution is -2.21. The van der Waals surface area contributed by atoms with Gasteiger partial charge in [0.15, 0.2) is 0 Å². The molecule has 8 heteroatoms. The van der Waals surface area contributed by atoms with Crippen LogP contribution >= 0.6 is 11.6 Å². The molecule has 0 atom stereocenters. The minimum atomic E-state index is -4.38. The average Bonchev–Trinajstić information content (AvgIpc) is 2.56. The van der Waals surface area contributed by atoms with E-state index in [-0.39, 0.29) is 33.5 Å². The molecule has 0 saturated carbocycles. The van der Waals surface area contributed by atoms with E-state index in [9.17, 15) is 13.2 Å². The summed E-state index contributed by atoms with van der Waals surface area (Å²) in [4.78, 5) is 11.5.